The molecule has 1 amide bonds. The van der Waals surface area contributed by atoms with Crippen LogP contribution in [0.3, 0.4) is 0 Å². The molecule has 0 N–H and O–H groups in total. The number of aliphatic imine (C=N–C) groups is 1. The van der Waals surface area contributed by atoms with Gasteiger partial charge in [-0.05, 0) is 24.1 Å². The van der Waals surface area contributed by atoms with Crippen LogP contribution in [0.25, 0.3) is 0 Å². The van der Waals surface area contributed by atoms with E-state index in [1.807, 2.05) is 31.2 Å². The summed E-state index contributed by atoms with van der Waals surface area (Å²) in [5, 5.41) is 6.00. The fourth-order valence-corrected chi connectivity index (χ4v) is 3.77. The van der Waals surface area contributed by atoms with Crippen LogP contribution in [0.15, 0.2) is 45.6 Å². The van der Waals surface area contributed by atoms with Gasteiger partial charge in [0.2, 0.25) is 5.91 Å². The molecule has 3 heterocycles. The summed E-state index contributed by atoms with van der Waals surface area (Å²) in [5.74, 6) is -1.22. The highest BCUT2D eigenvalue weighted by atomic mass is 16.5. The average molecular weight is 338 g/mol. The molecule has 7 heteroatoms. The number of allylic oxidation sites excluding steroid dienone is 1. The zero-order valence-electron chi connectivity index (χ0n) is 14.3. The minimum absolute atomic E-state index is 0.0305. The number of benzene rings is 1. The molecule has 3 aliphatic heterocycles. The summed E-state index contributed by atoms with van der Waals surface area (Å²) < 4.78 is 4.90. The molecule has 0 saturated heterocycles. The molecule has 1 aromatic rings. The number of carbonyl (C=O) groups is 2. The first-order valence-electron chi connectivity index (χ1n) is 8.07. The molecule has 7 nitrogen and oxygen atoms in total. The monoisotopic (exact) mass is 338 g/mol. The first kappa shape index (κ1) is 15.6. The van der Waals surface area contributed by atoms with Crippen molar-refractivity contribution in [3.63, 3.8) is 0 Å². The number of esters is 1. The normalized spacial score (nSPS) is 24.4. The van der Waals surface area contributed by atoms with Crippen LogP contribution < -0.4 is 4.90 Å². The van der Waals surface area contributed by atoms with Gasteiger partial charge in [0.1, 0.15) is 12.3 Å². The molecule has 25 heavy (non-hydrogen) atoms. The van der Waals surface area contributed by atoms with Crippen LogP contribution in [0.1, 0.15) is 18.4 Å². The van der Waals surface area contributed by atoms with Gasteiger partial charge in [0.25, 0.3) is 0 Å². The molecule has 2 atom stereocenters. The van der Waals surface area contributed by atoms with E-state index in [9.17, 15) is 9.59 Å². The maximum Gasteiger partial charge on any atom is 0.314 e. The van der Waals surface area contributed by atoms with Crippen LogP contribution >= 0.6 is 0 Å². The number of methoxy groups -OCH3 is 1. The molecule has 0 spiro atoms. The van der Waals surface area contributed by atoms with Crippen molar-refractivity contribution < 1.29 is 14.3 Å². The predicted molar refractivity (Wildman–Crippen MR) is 93.4 cm³/mol. The Balaban J connectivity index is 1.82. The van der Waals surface area contributed by atoms with E-state index in [-0.39, 0.29) is 11.9 Å². The molecule has 0 radical (unpaired) electrons. The number of amides is 1. The van der Waals surface area contributed by atoms with Crippen LogP contribution in [-0.2, 0) is 14.3 Å². The molecule has 2 unspecified atom stereocenters. The lowest BCUT2D eigenvalue weighted by Gasteiger charge is -2.24. The van der Waals surface area contributed by atoms with Gasteiger partial charge >= 0.3 is 5.97 Å². The minimum atomic E-state index is -0.489. The standard InChI is InChI=1S/C18H18N4O3/c1-10-12(18(24)25-3)8-22-16(10)15(19-9-20-22)14-11-6-4-5-7-13(11)21(2)17(14)23/h4-7,9,12,14H,8H2,1-3H3. The fraction of sp³-hybridized carbons (Fsp3) is 0.333. The zero-order chi connectivity index (χ0) is 17.7. The summed E-state index contributed by atoms with van der Waals surface area (Å²) >= 11 is 0. The number of hydrazone groups is 1. The third kappa shape index (κ3) is 2.12. The summed E-state index contributed by atoms with van der Waals surface area (Å²) in [7, 11) is 3.14. The molecule has 0 aliphatic carbocycles. The first-order valence-corrected chi connectivity index (χ1v) is 8.07. The SMILES string of the molecule is COC(=O)C1CN2N=CN=C(C3C(=O)N(C)c4ccccc43)C2=C1C. The van der Waals surface area contributed by atoms with Crippen LogP contribution in [0.2, 0.25) is 0 Å². The van der Waals surface area contributed by atoms with E-state index in [1.165, 1.54) is 13.4 Å². The van der Waals surface area contributed by atoms with Crippen molar-refractivity contribution in [1.29, 1.82) is 0 Å². The van der Waals surface area contributed by atoms with Gasteiger partial charge < -0.3 is 9.64 Å². The van der Waals surface area contributed by atoms with Gasteiger partial charge in [-0.1, -0.05) is 18.2 Å². The van der Waals surface area contributed by atoms with Crippen molar-refractivity contribution in [2.24, 2.45) is 16.0 Å². The largest absolute Gasteiger partial charge is 0.469 e. The molecule has 0 fully saturated rings. The number of anilines is 1. The van der Waals surface area contributed by atoms with Crippen LogP contribution in [0.4, 0.5) is 5.69 Å². The van der Waals surface area contributed by atoms with Crippen molar-refractivity contribution >= 4 is 29.6 Å². The number of hydrogen-bond acceptors (Lipinski definition) is 6. The first-order chi connectivity index (χ1) is 12.0. The second-order valence-corrected chi connectivity index (χ2v) is 6.32. The molecule has 1 aromatic carbocycles. The number of likely N-dealkylation sites (N-methyl/N-ethyl adjacent to an activating group) is 1. The second kappa shape index (κ2) is 5.54. The smallest absolute Gasteiger partial charge is 0.314 e. The van der Waals surface area contributed by atoms with Gasteiger partial charge in [0, 0.05) is 12.7 Å². The Labute approximate surface area is 145 Å². The number of carbonyl (C=O) groups excluding carboxylic acids is 2. The summed E-state index contributed by atoms with van der Waals surface area (Å²) in [6.45, 7) is 2.28. The molecular weight excluding hydrogens is 320 g/mol. The lowest BCUT2D eigenvalue weighted by molar-refractivity contribution is -0.144. The number of fused-ring (bicyclic) bond motifs is 2. The van der Waals surface area contributed by atoms with Gasteiger partial charge in [-0.15, -0.1) is 0 Å². The van der Waals surface area contributed by atoms with E-state index < -0.39 is 11.8 Å². The molecule has 4 rings (SSSR count). The highest BCUT2D eigenvalue weighted by Crippen LogP contribution is 2.42. The van der Waals surface area contributed by atoms with E-state index >= 15 is 0 Å². The maximum atomic E-state index is 12.9. The topological polar surface area (TPSA) is 74.6 Å². The summed E-state index contributed by atoms with van der Waals surface area (Å²) in [6.07, 6.45) is 1.44. The number of ether oxygens (including phenoxy) is 1. The zero-order valence-corrected chi connectivity index (χ0v) is 14.3. The van der Waals surface area contributed by atoms with E-state index in [2.05, 4.69) is 10.1 Å². The fourth-order valence-electron chi connectivity index (χ4n) is 3.77. The van der Waals surface area contributed by atoms with Crippen molar-refractivity contribution in [2.75, 3.05) is 25.6 Å². The van der Waals surface area contributed by atoms with Crippen molar-refractivity contribution in [3.05, 3.63) is 41.1 Å². The molecule has 128 valence electrons. The Hall–Kier alpha value is -2.96. The lowest BCUT2D eigenvalue weighted by Crippen LogP contribution is -2.33. The Morgan fingerprint density at radius 2 is 2.08 bits per heavy atom. The van der Waals surface area contributed by atoms with Gasteiger partial charge in [0.05, 0.1) is 31.0 Å². The van der Waals surface area contributed by atoms with E-state index in [0.717, 1.165) is 22.5 Å². The van der Waals surface area contributed by atoms with E-state index in [1.54, 1.807) is 17.0 Å². The van der Waals surface area contributed by atoms with Crippen molar-refractivity contribution in [1.82, 2.24) is 5.01 Å². The number of para-hydroxylation sites is 1. The Morgan fingerprint density at radius 3 is 2.84 bits per heavy atom. The van der Waals surface area contributed by atoms with Crippen molar-refractivity contribution in [2.45, 2.75) is 12.8 Å². The quantitative estimate of drug-likeness (QED) is 0.767. The van der Waals surface area contributed by atoms with Gasteiger partial charge in [-0.2, -0.15) is 5.10 Å². The molecular formula is C18H18N4O3. The summed E-state index contributed by atoms with van der Waals surface area (Å²) in [6, 6.07) is 7.70. The highest BCUT2D eigenvalue weighted by molar-refractivity contribution is 6.25. The van der Waals surface area contributed by atoms with Gasteiger partial charge in [-0.25, -0.2) is 4.99 Å². The Kier molecular flexibility index (Phi) is 3.45. The Bertz CT molecular complexity index is 871. The molecule has 3 aliphatic rings. The molecule has 0 aromatic heterocycles. The predicted octanol–water partition coefficient (Wildman–Crippen LogP) is 1.52. The lowest BCUT2D eigenvalue weighted by atomic mass is 9.91. The molecule has 0 bridgehead atoms. The second-order valence-electron chi connectivity index (χ2n) is 6.32. The third-order valence-electron chi connectivity index (χ3n) is 5.09. The van der Waals surface area contributed by atoms with E-state index in [4.69, 9.17) is 4.74 Å². The van der Waals surface area contributed by atoms with Gasteiger partial charge in [-0.3, -0.25) is 14.6 Å². The van der Waals surface area contributed by atoms with Crippen molar-refractivity contribution in [3.8, 4) is 0 Å². The van der Waals surface area contributed by atoms with Crippen LogP contribution in [0.5, 0.6) is 0 Å². The minimum Gasteiger partial charge on any atom is -0.469 e. The van der Waals surface area contributed by atoms with Gasteiger partial charge in [0.15, 0.2) is 0 Å². The molecule has 0 saturated carbocycles. The number of nitrogens with zero attached hydrogens (tertiary/aromatic N) is 4. The Morgan fingerprint density at radius 1 is 1.32 bits per heavy atom. The third-order valence-corrected chi connectivity index (χ3v) is 5.09. The maximum absolute atomic E-state index is 12.9. The highest BCUT2D eigenvalue weighted by Gasteiger charge is 2.45. The average Bonchev–Trinajstić information content (AvgIpc) is 3.10. The number of rotatable bonds is 2. The summed E-state index contributed by atoms with van der Waals surface area (Å²) in [4.78, 5) is 31.0. The summed E-state index contributed by atoms with van der Waals surface area (Å²) in [5.41, 5.74) is 4.03. The van der Waals surface area contributed by atoms with E-state index in [0.29, 0.717) is 12.3 Å². The number of hydrogen-bond donors (Lipinski definition) is 0. The van der Waals surface area contributed by atoms with Crippen LogP contribution in [0, 0.1) is 5.92 Å². The van der Waals surface area contributed by atoms with Crippen LogP contribution in [-0.4, -0.2) is 49.6 Å².